The monoisotopic (exact) mass is 459 g/mol. The molecule has 0 fully saturated rings. The van der Waals surface area contributed by atoms with Gasteiger partial charge in [0.05, 0.1) is 11.2 Å². The van der Waals surface area contributed by atoms with Crippen molar-refractivity contribution in [1.29, 1.82) is 0 Å². The van der Waals surface area contributed by atoms with Crippen molar-refractivity contribution in [2.24, 2.45) is 0 Å². The minimum atomic E-state index is 0.759. The summed E-state index contributed by atoms with van der Waals surface area (Å²) < 4.78 is 2.39. The van der Waals surface area contributed by atoms with Crippen molar-refractivity contribution in [3.8, 4) is 5.69 Å². The number of hydrogen-bond acceptors (Lipinski definition) is 2. The summed E-state index contributed by atoms with van der Waals surface area (Å²) in [6, 6.07) is 17.3. The minimum Gasteiger partial charge on any atom is -0.313 e. The van der Waals surface area contributed by atoms with Crippen molar-refractivity contribution in [2.45, 2.75) is 26.2 Å². The molecule has 3 heteroatoms. The van der Waals surface area contributed by atoms with Gasteiger partial charge in [-0.05, 0) is 44.0 Å². The van der Waals surface area contributed by atoms with Gasteiger partial charge < -0.3 is 15.4 Å². The van der Waals surface area contributed by atoms with Gasteiger partial charge >= 0.3 is 0 Å². The highest BCUT2D eigenvalue weighted by atomic mass is 15.4. The standard InChI is InChI=1S/C32H33N3/c1-5-7-15-25(4)33-34-30(20-10-8-14-24(3)6-2)26-16-12-17-27(23-26)35-31-21-11-9-18-28(31)29-19-13-22-32(29)35/h5-7,9,11-21,23,33-34H,1-2,4,8,10,22H2,3H3/b15-7-,24-14-,30-20-. The largest absolute Gasteiger partial charge is 0.313 e. The maximum absolute atomic E-state index is 4.05. The molecule has 0 aliphatic heterocycles. The second-order valence-corrected chi connectivity index (χ2v) is 8.59. The minimum absolute atomic E-state index is 0.759. The summed E-state index contributed by atoms with van der Waals surface area (Å²) in [7, 11) is 0. The maximum atomic E-state index is 4.05. The van der Waals surface area contributed by atoms with Crippen molar-refractivity contribution in [3.63, 3.8) is 0 Å². The molecule has 0 unspecified atom stereocenters. The van der Waals surface area contributed by atoms with E-state index in [1.54, 1.807) is 6.08 Å². The first kappa shape index (κ1) is 23.9. The summed E-state index contributed by atoms with van der Waals surface area (Å²) in [4.78, 5) is 0. The van der Waals surface area contributed by atoms with Crippen LogP contribution in [0.25, 0.3) is 28.4 Å². The smallest absolute Gasteiger partial charge is 0.0573 e. The van der Waals surface area contributed by atoms with Gasteiger partial charge in [0.2, 0.25) is 0 Å². The van der Waals surface area contributed by atoms with E-state index < -0.39 is 0 Å². The summed E-state index contributed by atoms with van der Waals surface area (Å²) in [5, 5.41) is 1.30. The van der Waals surface area contributed by atoms with Crippen LogP contribution < -0.4 is 10.9 Å². The number of para-hydroxylation sites is 1. The van der Waals surface area contributed by atoms with E-state index in [1.807, 2.05) is 18.2 Å². The highest BCUT2D eigenvalue weighted by Gasteiger charge is 2.19. The van der Waals surface area contributed by atoms with E-state index in [4.69, 9.17) is 0 Å². The highest BCUT2D eigenvalue weighted by Crippen LogP contribution is 2.34. The number of unbranched alkanes of at least 4 members (excludes halogenated alkanes) is 1. The second-order valence-electron chi connectivity index (χ2n) is 8.59. The average Bonchev–Trinajstić information content (AvgIpc) is 3.48. The summed E-state index contributed by atoms with van der Waals surface area (Å²) in [5.41, 5.74) is 15.7. The predicted octanol–water partition coefficient (Wildman–Crippen LogP) is 7.80. The van der Waals surface area contributed by atoms with Crippen LogP contribution in [-0.2, 0) is 6.42 Å². The lowest BCUT2D eigenvalue weighted by atomic mass is 10.1. The zero-order chi connectivity index (χ0) is 24.6. The fraction of sp³-hybridized carbons (Fsp3) is 0.125. The van der Waals surface area contributed by atoms with Crippen LogP contribution in [0.15, 0.2) is 122 Å². The molecule has 0 saturated heterocycles. The van der Waals surface area contributed by atoms with Crippen LogP contribution in [0.5, 0.6) is 0 Å². The van der Waals surface area contributed by atoms with Gasteiger partial charge in [-0.1, -0.05) is 98.2 Å². The van der Waals surface area contributed by atoms with Crippen LogP contribution in [-0.4, -0.2) is 4.57 Å². The zero-order valence-corrected chi connectivity index (χ0v) is 20.4. The first-order valence-electron chi connectivity index (χ1n) is 12.0. The molecule has 2 N–H and O–H groups in total. The summed E-state index contributed by atoms with van der Waals surface area (Å²) in [6.45, 7) is 13.7. The number of hydrazine groups is 1. The maximum Gasteiger partial charge on any atom is 0.0573 e. The number of fused-ring (bicyclic) bond motifs is 3. The van der Waals surface area contributed by atoms with Crippen LogP contribution in [0.2, 0.25) is 0 Å². The molecule has 2 aromatic carbocycles. The second kappa shape index (κ2) is 11.3. The Balaban J connectivity index is 1.68. The van der Waals surface area contributed by atoms with Gasteiger partial charge in [-0.2, -0.15) is 0 Å². The molecule has 1 aliphatic rings. The van der Waals surface area contributed by atoms with E-state index >= 15 is 0 Å². The molecule has 3 nitrogen and oxygen atoms in total. The average molecular weight is 460 g/mol. The molecule has 0 atom stereocenters. The van der Waals surface area contributed by atoms with Crippen LogP contribution in [0.1, 0.15) is 36.6 Å². The zero-order valence-electron chi connectivity index (χ0n) is 20.4. The Hall–Kier alpha value is -4.24. The van der Waals surface area contributed by atoms with Gasteiger partial charge in [-0.15, -0.1) is 0 Å². The number of aromatic nitrogens is 1. The van der Waals surface area contributed by atoms with Gasteiger partial charge in [0.15, 0.2) is 0 Å². The molecule has 0 radical (unpaired) electrons. The molecular weight excluding hydrogens is 426 g/mol. The molecule has 176 valence electrons. The molecule has 1 aromatic heterocycles. The first-order chi connectivity index (χ1) is 17.1. The van der Waals surface area contributed by atoms with Crippen LogP contribution in [0, 0.1) is 0 Å². The van der Waals surface area contributed by atoms with E-state index in [-0.39, 0.29) is 0 Å². The quantitative estimate of drug-likeness (QED) is 0.174. The Morgan fingerprint density at radius 1 is 1.03 bits per heavy atom. The van der Waals surface area contributed by atoms with E-state index in [0.29, 0.717) is 0 Å². The third-order valence-corrected chi connectivity index (χ3v) is 6.12. The van der Waals surface area contributed by atoms with E-state index in [1.165, 1.54) is 27.7 Å². The molecule has 3 aromatic rings. The lowest BCUT2D eigenvalue weighted by molar-refractivity contribution is 0.763. The van der Waals surface area contributed by atoms with E-state index in [2.05, 4.69) is 115 Å². The van der Waals surface area contributed by atoms with Crippen LogP contribution in [0.3, 0.4) is 0 Å². The van der Waals surface area contributed by atoms with Crippen molar-refractivity contribution in [2.75, 3.05) is 0 Å². The lowest BCUT2D eigenvalue weighted by Crippen LogP contribution is -2.28. The predicted molar refractivity (Wildman–Crippen MR) is 152 cm³/mol. The molecule has 0 amide bonds. The van der Waals surface area contributed by atoms with Crippen molar-refractivity contribution >= 4 is 22.7 Å². The van der Waals surface area contributed by atoms with Crippen molar-refractivity contribution < 1.29 is 0 Å². The van der Waals surface area contributed by atoms with E-state index in [9.17, 15) is 0 Å². The summed E-state index contributed by atoms with van der Waals surface area (Å²) in [5.74, 6) is 0. The molecule has 1 heterocycles. The fourth-order valence-corrected chi connectivity index (χ4v) is 4.34. The van der Waals surface area contributed by atoms with Gasteiger partial charge in [0.1, 0.15) is 0 Å². The Morgan fingerprint density at radius 3 is 2.69 bits per heavy atom. The number of hydrogen-bond donors (Lipinski definition) is 2. The Bertz CT molecular complexity index is 1380. The highest BCUT2D eigenvalue weighted by molar-refractivity contribution is 5.94. The number of allylic oxidation sites excluding steroid dienone is 8. The van der Waals surface area contributed by atoms with Crippen molar-refractivity contribution in [1.82, 2.24) is 15.4 Å². The first-order valence-corrected chi connectivity index (χ1v) is 12.0. The van der Waals surface area contributed by atoms with Gasteiger partial charge in [0, 0.05) is 40.0 Å². The molecular formula is C32H33N3. The molecule has 4 rings (SSSR count). The van der Waals surface area contributed by atoms with Gasteiger partial charge in [0.25, 0.3) is 0 Å². The molecule has 35 heavy (non-hydrogen) atoms. The fourth-order valence-electron chi connectivity index (χ4n) is 4.34. The molecule has 0 saturated carbocycles. The number of rotatable bonds is 11. The molecule has 0 bridgehead atoms. The number of benzene rings is 2. The number of nitrogens with one attached hydrogen (secondary N) is 2. The molecule has 0 spiro atoms. The van der Waals surface area contributed by atoms with Gasteiger partial charge in [-0.3, -0.25) is 0 Å². The lowest BCUT2D eigenvalue weighted by Gasteiger charge is -2.16. The normalized spacial score (nSPS) is 13.3. The van der Waals surface area contributed by atoms with E-state index in [0.717, 1.165) is 41.9 Å². The van der Waals surface area contributed by atoms with Gasteiger partial charge in [-0.25, -0.2) is 0 Å². The third-order valence-electron chi connectivity index (χ3n) is 6.12. The SMILES string of the molecule is C=C/C=C\C(=C)NN/C(=C\CC/C=C(/C)C=C)c1cccc(-n2c3c(c4ccccc42)C=CC3)c1. The molecule has 1 aliphatic carbocycles. The topological polar surface area (TPSA) is 29.0 Å². The third kappa shape index (κ3) is 5.47. The summed E-state index contributed by atoms with van der Waals surface area (Å²) in [6.07, 6.45) is 19.1. The van der Waals surface area contributed by atoms with Crippen molar-refractivity contribution in [3.05, 3.63) is 139 Å². The Morgan fingerprint density at radius 2 is 1.86 bits per heavy atom. The van der Waals surface area contributed by atoms with Crippen LogP contribution in [0.4, 0.5) is 0 Å². The number of nitrogens with zero attached hydrogens (tertiary/aromatic N) is 1. The summed E-state index contributed by atoms with van der Waals surface area (Å²) >= 11 is 0. The van der Waals surface area contributed by atoms with Crippen LogP contribution >= 0.6 is 0 Å². The Labute approximate surface area is 208 Å². The Kier molecular flexibility index (Phi) is 7.69.